The maximum atomic E-state index is 11.6. The van der Waals surface area contributed by atoms with Gasteiger partial charge in [0.1, 0.15) is 0 Å². The first kappa shape index (κ1) is 12.3. The van der Waals surface area contributed by atoms with E-state index in [1.165, 1.54) is 0 Å². The second-order valence-corrected chi connectivity index (χ2v) is 3.69. The summed E-state index contributed by atoms with van der Waals surface area (Å²) in [6, 6.07) is 6.85. The van der Waals surface area contributed by atoms with E-state index in [1.807, 2.05) is 0 Å². The van der Waals surface area contributed by atoms with Crippen LogP contribution >= 0.6 is 0 Å². The third-order valence-corrected chi connectivity index (χ3v) is 2.33. The van der Waals surface area contributed by atoms with Crippen LogP contribution in [-0.4, -0.2) is 34.3 Å². The molecule has 0 spiro atoms. The summed E-state index contributed by atoms with van der Waals surface area (Å²) in [7, 11) is 0. The Labute approximate surface area is 104 Å². The van der Waals surface area contributed by atoms with E-state index in [2.05, 4.69) is 15.5 Å². The number of hydrogen-bond donors (Lipinski definition) is 2. The highest BCUT2D eigenvalue weighted by Gasteiger charge is 2.08. The first-order valence-electron chi connectivity index (χ1n) is 5.50. The van der Waals surface area contributed by atoms with Crippen LogP contribution in [0.15, 0.2) is 28.8 Å². The number of hydrogen-bond acceptors (Lipinski definition) is 5. The van der Waals surface area contributed by atoms with Gasteiger partial charge in [-0.05, 0) is 12.1 Å². The van der Waals surface area contributed by atoms with Gasteiger partial charge in [-0.1, -0.05) is 17.3 Å². The molecule has 2 rings (SSSR count). The third-order valence-electron chi connectivity index (χ3n) is 2.33. The van der Waals surface area contributed by atoms with Crippen molar-refractivity contribution in [3.05, 3.63) is 35.7 Å². The van der Waals surface area contributed by atoms with Crippen LogP contribution in [0.1, 0.15) is 16.2 Å². The van der Waals surface area contributed by atoms with E-state index in [4.69, 9.17) is 9.63 Å². The van der Waals surface area contributed by atoms with E-state index >= 15 is 0 Å². The Hall–Kier alpha value is -2.21. The van der Waals surface area contributed by atoms with Crippen LogP contribution in [-0.2, 0) is 0 Å². The molecule has 6 heteroatoms. The summed E-state index contributed by atoms with van der Waals surface area (Å²) in [5.41, 5.74) is 1.30. The SMILES string of the molecule is Cc1nc(-c2ccc(C(=O)NCCO)cc2)no1. The highest BCUT2D eigenvalue weighted by atomic mass is 16.5. The number of nitrogens with zero attached hydrogens (tertiary/aromatic N) is 2. The van der Waals surface area contributed by atoms with E-state index in [-0.39, 0.29) is 19.1 Å². The number of carbonyl (C=O) groups is 1. The van der Waals surface area contributed by atoms with Crippen molar-refractivity contribution in [1.82, 2.24) is 15.5 Å². The quantitative estimate of drug-likeness (QED) is 0.833. The van der Waals surface area contributed by atoms with Gasteiger partial charge in [0, 0.05) is 24.6 Å². The third kappa shape index (κ3) is 2.72. The zero-order valence-corrected chi connectivity index (χ0v) is 9.88. The van der Waals surface area contributed by atoms with E-state index < -0.39 is 0 Å². The molecule has 1 heterocycles. The van der Waals surface area contributed by atoms with Crippen LogP contribution in [0.5, 0.6) is 0 Å². The van der Waals surface area contributed by atoms with Gasteiger partial charge in [0.15, 0.2) is 0 Å². The van der Waals surface area contributed by atoms with Crippen LogP contribution < -0.4 is 5.32 Å². The molecule has 1 amide bonds. The largest absolute Gasteiger partial charge is 0.395 e. The summed E-state index contributed by atoms with van der Waals surface area (Å²) in [4.78, 5) is 15.7. The van der Waals surface area contributed by atoms with Crippen LogP contribution in [0, 0.1) is 6.92 Å². The lowest BCUT2D eigenvalue weighted by Gasteiger charge is -2.03. The fourth-order valence-electron chi connectivity index (χ4n) is 1.46. The van der Waals surface area contributed by atoms with Gasteiger partial charge >= 0.3 is 0 Å². The Morgan fingerprint density at radius 3 is 2.67 bits per heavy atom. The number of aryl methyl sites for hydroxylation is 1. The normalized spacial score (nSPS) is 10.3. The van der Waals surface area contributed by atoms with Crippen molar-refractivity contribution in [2.24, 2.45) is 0 Å². The van der Waals surface area contributed by atoms with Crippen LogP contribution in [0.2, 0.25) is 0 Å². The first-order chi connectivity index (χ1) is 8.70. The Kier molecular flexibility index (Phi) is 3.69. The molecule has 0 unspecified atom stereocenters. The second-order valence-electron chi connectivity index (χ2n) is 3.69. The molecule has 1 aromatic heterocycles. The number of aliphatic hydroxyl groups is 1. The highest BCUT2D eigenvalue weighted by molar-refractivity contribution is 5.94. The van der Waals surface area contributed by atoms with Gasteiger partial charge in [-0.25, -0.2) is 0 Å². The van der Waals surface area contributed by atoms with Crippen LogP contribution in [0.3, 0.4) is 0 Å². The Bertz CT molecular complexity index is 534. The summed E-state index contributed by atoms with van der Waals surface area (Å²) in [5.74, 6) is 0.768. The van der Waals surface area contributed by atoms with Crippen molar-refractivity contribution in [2.45, 2.75) is 6.92 Å². The molecule has 6 nitrogen and oxygen atoms in total. The molecule has 2 aromatic rings. The monoisotopic (exact) mass is 247 g/mol. The lowest BCUT2D eigenvalue weighted by atomic mass is 10.1. The van der Waals surface area contributed by atoms with Gasteiger partial charge in [0.05, 0.1) is 6.61 Å². The fraction of sp³-hybridized carbons (Fsp3) is 0.250. The molecular formula is C12H13N3O3. The van der Waals surface area contributed by atoms with E-state index in [0.29, 0.717) is 17.3 Å². The van der Waals surface area contributed by atoms with Gasteiger partial charge in [-0.2, -0.15) is 4.98 Å². The maximum Gasteiger partial charge on any atom is 0.251 e. The molecule has 0 aliphatic rings. The maximum absolute atomic E-state index is 11.6. The summed E-state index contributed by atoms with van der Waals surface area (Å²) in [6.07, 6.45) is 0. The van der Waals surface area contributed by atoms with Crippen molar-refractivity contribution in [3.8, 4) is 11.4 Å². The number of nitrogens with one attached hydrogen (secondary N) is 1. The molecule has 0 aliphatic heterocycles. The topological polar surface area (TPSA) is 88.2 Å². The minimum Gasteiger partial charge on any atom is -0.395 e. The number of aromatic nitrogens is 2. The number of benzene rings is 1. The van der Waals surface area contributed by atoms with Gasteiger partial charge in [-0.15, -0.1) is 0 Å². The fourth-order valence-corrected chi connectivity index (χ4v) is 1.46. The summed E-state index contributed by atoms with van der Waals surface area (Å²) < 4.78 is 4.88. The van der Waals surface area contributed by atoms with Crippen LogP contribution in [0.4, 0.5) is 0 Å². The molecular weight excluding hydrogens is 234 g/mol. The van der Waals surface area contributed by atoms with Gasteiger partial charge in [0.2, 0.25) is 11.7 Å². The molecule has 0 fully saturated rings. The zero-order valence-electron chi connectivity index (χ0n) is 9.88. The number of rotatable bonds is 4. The van der Waals surface area contributed by atoms with Crippen molar-refractivity contribution < 1.29 is 14.4 Å². The van der Waals surface area contributed by atoms with Crippen LogP contribution in [0.25, 0.3) is 11.4 Å². The van der Waals surface area contributed by atoms with Crippen molar-refractivity contribution in [3.63, 3.8) is 0 Å². The average Bonchev–Trinajstić information content (AvgIpc) is 2.83. The van der Waals surface area contributed by atoms with Crippen molar-refractivity contribution in [2.75, 3.05) is 13.2 Å². The molecule has 0 saturated carbocycles. The number of carbonyl (C=O) groups excluding carboxylic acids is 1. The highest BCUT2D eigenvalue weighted by Crippen LogP contribution is 2.16. The molecule has 0 atom stereocenters. The predicted octanol–water partition coefficient (Wildman–Crippen LogP) is 0.767. The molecule has 0 saturated heterocycles. The summed E-state index contributed by atoms with van der Waals surface area (Å²) in [6.45, 7) is 1.88. The van der Waals surface area contributed by atoms with E-state index in [0.717, 1.165) is 5.56 Å². The molecule has 18 heavy (non-hydrogen) atoms. The molecule has 94 valence electrons. The van der Waals surface area contributed by atoms with Crippen molar-refractivity contribution >= 4 is 5.91 Å². The molecule has 2 N–H and O–H groups in total. The number of amides is 1. The van der Waals surface area contributed by atoms with E-state index in [1.54, 1.807) is 31.2 Å². The number of aliphatic hydroxyl groups excluding tert-OH is 1. The molecule has 1 aromatic carbocycles. The van der Waals surface area contributed by atoms with Gasteiger partial charge in [0.25, 0.3) is 5.91 Å². The smallest absolute Gasteiger partial charge is 0.251 e. The Morgan fingerprint density at radius 1 is 1.39 bits per heavy atom. The lowest BCUT2D eigenvalue weighted by molar-refractivity contribution is 0.0945. The van der Waals surface area contributed by atoms with E-state index in [9.17, 15) is 4.79 Å². The average molecular weight is 247 g/mol. The van der Waals surface area contributed by atoms with Crippen molar-refractivity contribution in [1.29, 1.82) is 0 Å². The zero-order chi connectivity index (χ0) is 13.0. The van der Waals surface area contributed by atoms with Gasteiger partial charge in [-0.3, -0.25) is 4.79 Å². The minimum atomic E-state index is -0.222. The minimum absolute atomic E-state index is 0.0774. The summed E-state index contributed by atoms with van der Waals surface area (Å²) in [5, 5.41) is 15.0. The Morgan fingerprint density at radius 2 is 2.11 bits per heavy atom. The Balaban J connectivity index is 2.12. The first-order valence-corrected chi connectivity index (χ1v) is 5.50. The van der Waals surface area contributed by atoms with Gasteiger partial charge < -0.3 is 14.9 Å². The lowest BCUT2D eigenvalue weighted by Crippen LogP contribution is -2.26. The standard InChI is InChI=1S/C12H13N3O3/c1-8-14-11(15-18-8)9-2-4-10(5-3-9)12(17)13-6-7-16/h2-5,16H,6-7H2,1H3,(H,13,17). The summed E-state index contributed by atoms with van der Waals surface area (Å²) >= 11 is 0. The molecule has 0 bridgehead atoms. The molecule has 0 radical (unpaired) electrons. The predicted molar refractivity (Wildman–Crippen MR) is 63.9 cm³/mol. The molecule has 0 aliphatic carbocycles. The second kappa shape index (κ2) is 5.42.